The van der Waals surface area contributed by atoms with Gasteiger partial charge in [0.05, 0.1) is 11.1 Å². The van der Waals surface area contributed by atoms with Crippen molar-refractivity contribution < 1.29 is 0 Å². The Labute approximate surface area is 64.1 Å². The number of nitrogens with zero attached hydrogens (tertiary/aromatic N) is 1. The standard InChI is InChI=1S/C5H8N2S2/c1-3-4(6)9-5(8)7(3)2/h3,6H,1-2H3. The summed E-state index contributed by atoms with van der Waals surface area (Å²) in [6, 6.07) is 0.197. The molecule has 0 spiro atoms. The van der Waals surface area contributed by atoms with Gasteiger partial charge in [-0.2, -0.15) is 0 Å². The fourth-order valence-corrected chi connectivity index (χ4v) is 1.83. The van der Waals surface area contributed by atoms with Crippen LogP contribution in [0.15, 0.2) is 0 Å². The maximum Gasteiger partial charge on any atom is 0.142 e. The van der Waals surface area contributed by atoms with E-state index in [1.54, 1.807) is 0 Å². The van der Waals surface area contributed by atoms with Crippen LogP contribution in [0, 0.1) is 5.41 Å². The van der Waals surface area contributed by atoms with Gasteiger partial charge in [0.2, 0.25) is 0 Å². The molecule has 1 aliphatic heterocycles. The van der Waals surface area contributed by atoms with Gasteiger partial charge in [-0.1, -0.05) is 12.2 Å². The molecule has 0 saturated carbocycles. The molecule has 9 heavy (non-hydrogen) atoms. The summed E-state index contributed by atoms with van der Waals surface area (Å²) in [6.45, 7) is 1.98. The maximum absolute atomic E-state index is 7.35. The van der Waals surface area contributed by atoms with Crippen molar-refractivity contribution in [2.24, 2.45) is 0 Å². The minimum atomic E-state index is 0.197. The van der Waals surface area contributed by atoms with Gasteiger partial charge in [0, 0.05) is 7.05 Å². The van der Waals surface area contributed by atoms with Gasteiger partial charge in [0.15, 0.2) is 0 Å². The molecule has 1 heterocycles. The molecule has 0 aliphatic carbocycles. The summed E-state index contributed by atoms with van der Waals surface area (Å²) in [5, 5.41) is 8.00. The van der Waals surface area contributed by atoms with Crippen molar-refractivity contribution >= 4 is 33.3 Å². The lowest BCUT2D eigenvalue weighted by molar-refractivity contribution is 0.499. The lowest BCUT2D eigenvalue weighted by atomic mass is 10.3. The van der Waals surface area contributed by atoms with E-state index in [-0.39, 0.29) is 6.04 Å². The number of thioether (sulfide) groups is 1. The molecule has 2 nitrogen and oxygen atoms in total. The fourth-order valence-electron chi connectivity index (χ4n) is 0.585. The van der Waals surface area contributed by atoms with E-state index in [1.165, 1.54) is 11.8 Å². The predicted octanol–water partition coefficient (Wildman–Crippen LogP) is 1.32. The lowest BCUT2D eigenvalue weighted by Gasteiger charge is -2.13. The normalized spacial score (nSPS) is 27.8. The molecule has 50 valence electrons. The Balaban J connectivity index is 2.77. The van der Waals surface area contributed by atoms with E-state index in [4.69, 9.17) is 17.6 Å². The van der Waals surface area contributed by atoms with Crippen LogP contribution in [0.5, 0.6) is 0 Å². The van der Waals surface area contributed by atoms with Crippen LogP contribution >= 0.6 is 24.0 Å². The van der Waals surface area contributed by atoms with Crippen LogP contribution in [0.1, 0.15) is 6.92 Å². The van der Waals surface area contributed by atoms with E-state index in [0.717, 1.165) is 4.32 Å². The topological polar surface area (TPSA) is 27.1 Å². The second-order valence-electron chi connectivity index (χ2n) is 2.02. The molecule has 1 fully saturated rings. The molecule has 0 bridgehead atoms. The summed E-state index contributed by atoms with van der Waals surface area (Å²) in [4.78, 5) is 1.93. The van der Waals surface area contributed by atoms with Crippen molar-refractivity contribution in [3.63, 3.8) is 0 Å². The van der Waals surface area contributed by atoms with E-state index in [0.29, 0.717) is 5.04 Å². The van der Waals surface area contributed by atoms with Gasteiger partial charge < -0.3 is 4.90 Å². The Kier molecular flexibility index (Phi) is 1.77. The van der Waals surface area contributed by atoms with Crippen molar-refractivity contribution in [3.05, 3.63) is 0 Å². The maximum atomic E-state index is 7.35. The number of hydrogen-bond donors (Lipinski definition) is 1. The first kappa shape index (κ1) is 7.02. The second-order valence-corrected chi connectivity index (χ2v) is 3.69. The van der Waals surface area contributed by atoms with E-state index < -0.39 is 0 Å². The van der Waals surface area contributed by atoms with E-state index in [2.05, 4.69) is 0 Å². The van der Waals surface area contributed by atoms with Crippen LogP contribution in [0.3, 0.4) is 0 Å². The highest BCUT2D eigenvalue weighted by atomic mass is 32.2. The molecular weight excluding hydrogens is 152 g/mol. The minimum Gasteiger partial charge on any atom is -0.351 e. The van der Waals surface area contributed by atoms with Crippen molar-refractivity contribution in [2.75, 3.05) is 7.05 Å². The minimum absolute atomic E-state index is 0.197. The zero-order valence-corrected chi connectivity index (χ0v) is 6.97. The van der Waals surface area contributed by atoms with E-state index in [1.807, 2.05) is 18.9 Å². The third-order valence-corrected chi connectivity index (χ3v) is 3.01. The van der Waals surface area contributed by atoms with Gasteiger partial charge in [-0.05, 0) is 18.7 Å². The van der Waals surface area contributed by atoms with Crippen molar-refractivity contribution in [1.29, 1.82) is 5.41 Å². The van der Waals surface area contributed by atoms with Crippen molar-refractivity contribution in [3.8, 4) is 0 Å². The first-order chi connectivity index (χ1) is 4.13. The number of rotatable bonds is 0. The summed E-state index contributed by atoms with van der Waals surface area (Å²) >= 11 is 6.32. The molecule has 1 rings (SSSR count). The Morgan fingerprint density at radius 2 is 2.33 bits per heavy atom. The first-order valence-electron chi connectivity index (χ1n) is 2.66. The zero-order chi connectivity index (χ0) is 7.02. The highest BCUT2D eigenvalue weighted by molar-refractivity contribution is 8.33. The van der Waals surface area contributed by atoms with Crippen LogP contribution in [0.25, 0.3) is 0 Å². The lowest BCUT2D eigenvalue weighted by Crippen LogP contribution is -2.27. The smallest absolute Gasteiger partial charge is 0.142 e. The summed E-state index contributed by atoms with van der Waals surface area (Å²) in [7, 11) is 1.92. The third kappa shape index (κ3) is 1.09. The van der Waals surface area contributed by atoms with Gasteiger partial charge in [-0.15, -0.1) is 0 Å². The molecule has 1 aliphatic rings. The van der Waals surface area contributed by atoms with Gasteiger partial charge >= 0.3 is 0 Å². The molecule has 0 aromatic carbocycles. The van der Waals surface area contributed by atoms with Crippen LogP contribution in [0.2, 0.25) is 0 Å². The second kappa shape index (κ2) is 2.27. The third-order valence-electron chi connectivity index (χ3n) is 1.45. The van der Waals surface area contributed by atoms with Crippen LogP contribution in [0.4, 0.5) is 0 Å². The molecule has 1 saturated heterocycles. The largest absolute Gasteiger partial charge is 0.351 e. The van der Waals surface area contributed by atoms with Crippen molar-refractivity contribution in [1.82, 2.24) is 4.90 Å². The average molecular weight is 160 g/mol. The molecular formula is C5H8N2S2. The SMILES string of the molecule is CC1C(=N)SC(=S)N1C. The highest BCUT2D eigenvalue weighted by Crippen LogP contribution is 2.23. The number of hydrogen-bond acceptors (Lipinski definition) is 3. The quantitative estimate of drug-likeness (QED) is 0.541. The Morgan fingerprint density at radius 1 is 1.78 bits per heavy atom. The molecule has 1 N–H and O–H groups in total. The van der Waals surface area contributed by atoms with Crippen LogP contribution in [-0.4, -0.2) is 27.4 Å². The van der Waals surface area contributed by atoms with Crippen molar-refractivity contribution in [2.45, 2.75) is 13.0 Å². The van der Waals surface area contributed by atoms with Gasteiger partial charge in [0.1, 0.15) is 4.32 Å². The Hall–Kier alpha value is -0.0900. The monoisotopic (exact) mass is 160 g/mol. The molecule has 0 amide bonds. The molecule has 0 aromatic rings. The van der Waals surface area contributed by atoms with Gasteiger partial charge in [-0.25, -0.2) is 0 Å². The van der Waals surface area contributed by atoms with Gasteiger partial charge in [-0.3, -0.25) is 5.41 Å². The fraction of sp³-hybridized carbons (Fsp3) is 0.600. The Bertz CT molecular complexity index is 148. The van der Waals surface area contributed by atoms with Gasteiger partial charge in [0.25, 0.3) is 0 Å². The molecule has 1 unspecified atom stereocenters. The Morgan fingerprint density at radius 3 is 2.44 bits per heavy atom. The number of thiocarbonyl (C=S) groups is 1. The van der Waals surface area contributed by atoms with E-state index >= 15 is 0 Å². The van der Waals surface area contributed by atoms with Crippen LogP contribution in [-0.2, 0) is 0 Å². The zero-order valence-electron chi connectivity index (χ0n) is 5.34. The number of nitrogens with one attached hydrogen (secondary N) is 1. The molecule has 1 atom stereocenters. The first-order valence-corrected chi connectivity index (χ1v) is 3.88. The van der Waals surface area contributed by atoms with Crippen LogP contribution < -0.4 is 0 Å². The van der Waals surface area contributed by atoms with E-state index in [9.17, 15) is 0 Å². The predicted molar refractivity (Wildman–Crippen MR) is 45.1 cm³/mol. The highest BCUT2D eigenvalue weighted by Gasteiger charge is 2.26. The summed E-state index contributed by atoms with van der Waals surface area (Å²) in [6.07, 6.45) is 0. The molecule has 0 radical (unpaired) electrons. The molecule has 4 heteroatoms. The molecule has 0 aromatic heterocycles. The summed E-state index contributed by atoms with van der Waals surface area (Å²) in [5.41, 5.74) is 0. The summed E-state index contributed by atoms with van der Waals surface area (Å²) < 4.78 is 0.813. The average Bonchev–Trinajstić information content (AvgIpc) is 1.98. The summed E-state index contributed by atoms with van der Waals surface area (Å²) in [5.74, 6) is 0.